The third-order valence-electron chi connectivity index (χ3n) is 5.15. The summed E-state index contributed by atoms with van der Waals surface area (Å²) >= 11 is 0. The van der Waals surface area contributed by atoms with Gasteiger partial charge in [-0.3, -0.25) is 8.99 Å². The largest absolute Gasteiger partial charge is 0.325 e. The molecular weight excluding hydrogens is 461 g/mol. The lowest BCUT2D eigenvalue weighted by atomic mass is 10.1. The Bertz CT molecular complexity index is 1440. The molecule has 11 nitrogen and oxygen atoms in total. The Balaban J connectivity index is 1.68. The van der Waals surface area contributed by atoms with Gasteiger partial charge in [0.25, 0.3) is 0 Å². The van der Waals surface area contributed by atoms with Gasteiger partial charge >= 0.3 is 0 Å². The molecule has 0 saturated heterocycles. The average Bonchev–Trinajstić information content (AvgIpc) is 3.13. The molecule has 4 heterocycles. The molecule has 13 heteroatoms. The lowest BCUT2D eigenvalue weighted by Crippen LogP contribution is -2.26. The number of nitrogens with one attached hydrogen (secondary N) is 2. The van der Waals surface area contributed by atoms with Crippen molar-refractivity contribution in [1.82, 2.24) is 29.7 Å². The van der Waals surface area contributed by atoms with Gasteiger partial charge in [0.2, 0.25) is 10.0 Å². The van der Waals surface area contributed by atoms with Crippen molar-refractivity contribution >= 4 is 39.0 Å². The molecule has 0 aromatic carbocycles. The molecule has 0 fully saturated rings. The predicted octanol–water partition coefficient (Wildman–Crippen LogP) is 3.00. The Morgan fingerprint density at radius 1 is 0.971 bits per heavy atom. The maximum atomic E-state index is 13.1. The smallest absolute Gasteiger partial charge is 0.232 e. The normalized spacial score (nSPS) is 11.3. The predicted molar refractivity (Wildman–Crippen MR) is 127 cm³/mol. The monoisotopic (exact) mass is 483 g/mol. The fourth-order valence-corrected chi connectivity index (χ4v) is 3.59. The van der Waals surface area contributed by atoms with Gasteiger partial charge < -0.3 is 10.6 Å². The molecule has 176 valence electrons. The second-order valence-corrected chi connectivity index (χ2v) is 9.50. The molecule has 0 amide bonds. The number of hydrogen-bond donors (Lipinski definition) is 2. The molecule has 2 N–H and O–H groups in total. The zero-order valence-corrected chi connectivity index (χ0v) is 19.7. The molecule has 0 radical (unpaired) electrons. The summed E-state index contributed by atoms with van der Waals surface area (Å²) in [6.45, 7) is 1.92. The molecule has 0 aliphatic rings. The van der Waals surface area contributed by atoms with Crippen molar-refractivity contribution in [1.29, 1.82) is 0 Å². The Kier molecular flexibility index (Phi) is 6.11. The van der Waals surface area contributed by atoms with E-state index < -0.39 is 15.8 Å². The SMILES string of the molecule is Cc1c(-c2cnc(Nc3cc(Nc4ccc(F)cn4)ncn3)c(N(C)S(C)(=O)=O)c2)cnn1C. The van der Waals surface area contributed by atoms with Gasteiger partial charge in [0.1, 0.15) is 29.6 Å². The molecule has 4 aromatic heterocycles. The van der Waals surface area contributed by atoms with E-state index in [0.29, 0.717) is 28.7 Å². The summed E-state index contributed by atoms with van der Waals surface area (Å²) in [4.78, 5) is 16.7. The van der Waals surface area contributed by atoms with Crippen LogP contribution in [0.1, 0.15) is 5.69 Å². The van der Waals surface area contributed by atoms with Crippen molar-refractivity contribution in [3.63, 3.8) is 0 Å². The van der Waals surface area contributed by atoms with Crippen molar-refractivity contribution in [3.8, 4) is 11.1 Å². The van der Waals surface area contributed by atoms with E-state index in [2.05, 4.69) is 35.7 Å². The highest BCUT2D eigenvalue weighted by Gasteiger charge is 2.20. The van der Waals surface area contributed by atoms with Gasteiger partial charge in [-0.2, -0.15) is 5.10 Å². The first-order chi connectivity index (χ1) is 16.1. The van der Waals surface area contributed by atoms with Crippen LogP contribution >= 0.6 is 0 Å². The molecule has 0 aliphatic heterocycles. The third-order valence-corrected chi connectivity index (χ3v) is 6.34. The number of halogens is 1. The maximum absolute atomic E-state index is 13.1. The molecule has 0 aliphatic carbocycles. The topological polar surface area (TPSA) is 131 Å². The van der Waals surface area contributed by atoms with Gasteiger partial charge in [0, 0.05) is 43.2 Å². The first-order valence-electron chi connectivity index (χ1n) is 10.0. The molecule has 0 spiro atoms. The summed E-state index contributed by atoms with van der Waals surface area (Å²) in [6.07, 6.45) is 6.86. The van der Waals surface area contributed by atoms with E-state index in [0.717, 1.165) is 28.0 Å². The summed E-state index contributed by atoms with van der Waals surface area (Å²) in [5.41, 5.74) is 2.80. The molecule has 4 rings (SSSR count). The lowest BCUT2D eigenvalue weighted by Gasteiger charge is -2.21. The number of anilines is 5. The van der Waals surface area contributed by atoms with Gasteiger partial charge in [0.15, 0.2) is 5.82 Å². The average molecular weight is 484 g/mol. The highest BCUT2D eigenvalue weighted by molar-refractivity contribution is 7.92. The van der Waals surface area contributed by atoms with Crippen LogP contribution in [0.5, 0.6) is 0 Å². The Morgan fingerprint density at radius 2 is 1.71 bits per heavy atom. The number of hydrogen-bond acceptors (Lipinski definition) is 9. The zero-order valence-electron chi connectivity index (χ0n) is 18.9. The van der Waals surface area contributed by atoms with Crippen LogP contribution in [0.2, 0.25) is 0 Å². The van der Waals surface area contributed by atoms with Gasteiger partial charge in [-0.1, -0.05) is 0 Å². The van der Waals surface area contributed by atoms with Crippen LogP contribution in [0.4, 0.5) is 33.3 Å². The molecular formula is C21H22FN9O2S. The Hall–Kier alpha value is -4.13. The van der Waals surface area contributed by atoms with E-state index in [-0.39, 0.29) is 5.82 Å². The fraction of sp³-hybridized carbons (Fsp3) is 0.190. The summed E-state index contributed by atoms with van der Waals surface area (Å²) in [5, 5.41) is 10.2. The van der Waals surface area contributed by atoms with E-state index in [4.69, 9.17) is 0 Å². The van der Waals surface area contributed by atoms with Crippen molar-refractivity contribution in [3.05, 3.63) is 60.7 Å². The van der Waals surface area contributed by atoms with Crippen molar-refractivity contribution < 1.29 is 12.8 Å². The van der Waals surface area contributed by atoms with Crippen LogP contribution in [0.3, 0.4) is 0 Å². The summed E-state index contributed by atoms with van der Waals surface area (Å²) in [5.74, 6) is 0.993. The van der Waals surface area contributed by atoms with Crippen LogP contribution in [0, 0.1) is 12.7 Å². The molecule has 4 aromatic rings. The highest BCUT2D eigenvalue weighted by atomic mass is 32.2. The highest BCUT2D eigenvalue weighted by Crippen LogP contribution is 2.33. The van der Waals surface area contributed by atoms with E-state index in [1.54, 1.807) is 29.2 Å². The van der Waals surface area contributed by atoms with Crippen molar-refractivity contribution in [2.24, 2.45) is 7.05 Å². The Labute approximate surface area is 195 Å². The standard InChI is InChI=1S/C21H22FN9O2S/c1-13-16(11-27-30(13)2)14-7-17(31(3)34(4,32)33)21(24-9-14)29-20-8-19(25-12-26-20)28-18-6-5-15(22)10-23-18/h5-12H,1-4H3,(H2,23,24,25,26,28,29). The van der Waals surface area contributed by atoms with Crippen LogP contribution < -0.4 is 14.9 Å². The number of sulfonamides is 1. The minimum atomic E-state index is -3.58. The van der Waals surface area contributed by atoms with Gasteiger partial charge in [-0.05, 0) is 25.1 Å². The van der Waals surface area contributed by atoms with Crippen molar-refractivity contribution in [2.45, 2.75) is 6.92 Å². The molecule has 0 saturated carbocycles. The van der Waals surface area contributed by atoms with Gasteiger partial charge in [-0.25, -0.2) is 32.7 Å². The third kappa shape index (κ3) is 4.93. The second-order valence-electron chi connectivity index (χ2n) is 7.49. The van der Waals surface area contributed by atoms with Crippen LogP contribution in [-0.4, -0.2) is 51.4 Å². The van der Waals surface area contributed by atoms with Gasteiger partial charge in [0.05, 0.1) is 24.3 Å². The number of rotatable bonds is 7. The summed E-state index contributed by atoms with van der Waals surface area (Å²) in [7, 11) is -0.302. The van der Waals surface area contributed by atoms with Crippen LogP contribution in [-0.2, 0) is 17.1 Å². The van der Waals surface area contributed by atoms with E-state index in [1.165, 1.54) is 25.5 Å². The number of aryl methyl sites for hydroxylation is 1. The molecule has 0 unspecified atom stereocenters. The number of pyridine rings is 2. The van der Waals surface area contributed by atoms with Crippen molar-refractivity contribution in [2.75, 3.05) is 28.2 Å². The Morgan fingerprint density at radius 3 is 2.32 bits per heavy atom. The maximum Gasteiger partial charge on any atom is 0.232 e. The zero-order chi connectivity index (χ0) is 24.5. The molecule has 0 bridgehead atoms. The molecule has 0 atom stereocenters. The minimum absolute atomic E-state index is 0.280. The second kappa shape index (κ2) is 9.02. The van der Waals surface area contributed by atoms with Crippen LogP contribution in [0.15, 0.2) is 49.2 Å². The van der Waals surface area contributed by atoms with E-state index in [9.17, 15) is 12.8 Å². The van der Waals surface area contributed by atoms with Crippen LogP contribution in [0.25, 0.3) is 11.1 Å². The number of aromatic nitrogens is 6. The van der Waals surface area contributed by atoms with Gasteiger partial charge in [-0.15, -0.1) is 0 Å². The summed E-state index contributed by atoms with van der Waals surface area (Å²) in [6, 6.07) is 6.07. The van der Waals surface area contributed by atoms with E-state index >= 15 is 0 Å². The number of nitrogens with zero attached hydrogens (tertiary/aromatic N) is 7. The minimum Gasteiger partial charge on any atom is -0.325 e. The van der Waals surface area contributed by atoms with E-state index in [1.807, 2.05) is 14.0 Å². The first-order valence-corrected chi connectivity index (χ1v) is 11.9. The fourth-order valence-electron chi connectivity index (χ4n) is 3.09. The first kappa shape index (κ1) is 23.0. The quantitative estimate of drug-likeness (QED) is 0.407. The summed E-state index contributed by atoms with van der Waals surface area (Å²) < 4.78 is 40.6. The molecule has 34 heavy (non-hydrogen) atoms. The lowest BCUT2D eigenvalue weighted by molar-refractivity contribution is 0.600.